The standard InChI is InChI=1S/C10H10N2O2/c1-7-8(2)10(12-6-14)4-3-9(7)11-5-13/h9-10H,1-4H2. The van der Waals surface area contributed by atoms with Crippen LogP contribution < -0.4 is 0 Å². The average molecular weight is 190 g/mol. The Bertz CT molecular complexity index is 324. The minimum atomic E-state index is -0.252. The van der Waals surface area contributed by atoms with Gasteiger partial charge >= 0.3 is 0 Å². The molecular formula is C10H10N2O2. The van der Waals surface area contributed by atoms with E-state index in [0.717, 1.165) is 0 Å². The van der Waals surface area contributed by atoms with E-state index in [1.54, 1.807) is 0 Å². The number of aliphatic imine (C=N–C) groups is 2. The molecule has 2 unspecified atom stereocenters. The molecule has 0 aromatic rings. The number of carbonyl (C=O) groups excluding carboxylic acids is 2. The van der Waals surface area contributed by atoms with Gasteiger partial charge in [0.05, 0.1) is 12.1 Å². The van der Waals surface area contributed by atoms with E-state index in [2.05, 4.69) is 23.1 Å². The van der Waals surface area contributed by atoms with Crippen LogP contribution in [0.1, 0.15) is 12.8 Å². The summed E-state index contributed by atoms with van der Waals surface area (Å²) in [7, 11) is 0. The molecule has 1 saturated carbocycles. The van der Waals surface area contributed by atoms with Crippen LogP contribution in [-0.4, -0.2) is 24.2 Å². The van der Waals surface area contributed by atoms with E-state index in [-0.39, 0.29) is 12.1 Å². The summed E-state index contributed by atoms with van der Waals surface area (Å²) in [5.74, 6) is 0. The van der Waals surface area contributed by atoms with Crippen molar-refractivity contribution in [3.63, 3.8) is 0 Å². The molecule has 0 aromatic carbocycles. The van der Waals surface area contributed by atoms with Gasteiger partial charge in [-0.3, -0.25) is 0 Å². The molecule has 2 atom stereocenters. The minimum absolute atomic E-state index is 0.252. The van der Waals surface area contributed by atoms with E-state index < -0.39 is 0 Å². The molecule has 1 rings (SSSR count). The predicted molar refractivity (Wildman–Crippen MR) is 51.3 cm³/mol. The third-order valence-corrected chi connectivity index (χ3v) is 2.35. The van der Waals surface area contributed by atoms with Gasteiger partial charge in [0.15, 0.2) is 0 Å². The molecule has 0 spiro atoms. The van der Waals surface area contributed by atoms with Gasteiger partial charge in [-0.1, -0.05) is 13.2 Å². The first-order chi connectivity index (χ1) is 6.70. The Balaban J connectivity index is 2.84. The lowest BCUT2D eigenvalue weighted by molar-refractivity contribution is 0.523. The van der Waals surface area contributed by atoms with E-state index in [0.29, 0.717) is 24.0 Å². The maximum atomic E-state index is 10.1. The van der Waals surface area contributed by atoms with Crippen LogP contribution in [0, 0.1) is 0 Å². The van der Waals surface area contributed by atoms with E-state index in [4.69, 9.17) is 0 Å². The van der Waals surface area contributed by atoms with Crippen LogP contribution in [0.4, 0.5) is 0 Å². The van der Waals surface area contributed by atoms with Gasteiger partial charge in [0.25, 0.3) is 0 Å². The highest BCUT2D eigenvalue weighted by Gasteiger charge is 2.27. The van der Waals surface area contributed by atoms with Crippen molar-refractivity contribution in [3.05, 3.63) is 24.3 Å². The molecule has 1 fully saturated rings. The molecule has 4 heteroatoms. The number of hydrogen-bond acceptors (Lipinski definition) is 4. The second-order valence-electron chi connectivity index (χ2n) is 3.10. The van der Waals surface area contributed by atoms with E-state index in [1.807, 2.05) is 0 Å². The molecule has 0 amide bonds. The zero-order valence-corrected chi connectivity index (χ0v) is 7.69. The van der Waals surface area contributed by atoms with Crippen LogP contribution in [-0.2, 0) is 9.59 Å². The monoisotopic (exact) mass is 190 g/mol. The molecule has 0 saturated heterocycles. The zero-order chi connectivity index (χ0) is 10.6. The molecule has 0 heterocycles. The molecular weight excluding hydrogens is 180 g/mol. The summed E-state index contributed by atoms with van der Waals surface area (Å²) >= 11 is 0. The van der Waals surface area contributed by atoms with Crippen LogP contribution in [0.25, 0.3) is 0 Å². The predicted octanol–water partition coefficient (Wildman–Crippen LogP) is 1.30. The zero-order valence-electron chi connectivity index (χ0n) is 7.69. The van der Waals surface area contributed by atoms with Crippen LogP contribution in [0.5, 0.6) is 0 Å². The van der Waals surface area contributed by atoms with Crippen molar-refractivity contribution in [1.29, 1.82) is 0 Å². The Hall–Kier alpha value is -1.76. The second kappa shape index (κ2) is 4.47. The van der Waals surface area contributed by atoms with Gasteiger partial charge in [0, 0.05) is 0 Å². The van der Waals surface area contributed by atoms with Gasteiger partial charge in [0.2, 0.25) is 12.2 Å². The van der Waals surface area contributed by atoms with Crippen molar-refractivity contribution in [2.75, 3.05) is 0 Å². The minimum Gasteiger partial charge on any atom is -0.211 e. The van der Waals surface area contributed by atoms with Gasteiger partial charge in [-0.05, 0) is 24.0 Å². The molecule has 0 N–H and O–H groups in total. The third-order valence-electron chi connectivity index (χ3n) is 2.35. The summed E-state index contributed by atoms with van der Waals surface area (Å²) in [6.45, 7) is 7.53. The van der Waals surface area contributed by atoms with Crippen molar-refractivity contribution in [2.24, 2.45) is 9.98 Å². The Labute approximate surface area is 81.8 Å². The molecule has 0 radical (unpaired) electrons. The summed E-state index contributed by atoms with van der Waals surface area (Å²) in [5, 5.41) is 0. The first-order valence-electron chi connectivity index (χ1n) is 4.22. The lowest BCUT2D eigenvalue weighted by Crippen LogP contribution is -2.24. The number of isocyanates is 2. The summed E-state index contributed by atoms with van der Waals surface area (Å²) in [4.78, 5) is 27.4. The van der Waals surface area contributed by atoms with E-state index >= 15 is 0 Å². The fraction of sp³-hybridized carbons (Fsp3) is 0.400. The summed E-state index contributed by atoms with van der Waals surface area (Å²) in [6, 6.07) is -0.504. The molecule has 1 aliphatic carbocycles. The largest absolute Gasteiger partial charge is 0.235 e. The quantitative estimate of drug-likeness (QED) is 0.486. The Kier molecular flexibility index (Phi) is 3.29. The molecule has 1 aliphatic rings. The van der Waals surface area contributed by atoms with E-state index in [1.165, 1.54) is 12.2 Å². The number of nitrogens with zero attached hydrogens (tertiary/aromatic N) is 2. The first kappa shape index (κ1) is 10.3. The maximum Gasteiger partial charge on any atom is 0.235 e. The van der Waals surface area contributed by atoms with E-state index in [9.17, 15) is 9.59 Å². The Morgan fingerprint density at radius 1 is 1.00 bits per heavy atom. The molecule has 72 valence electrons. The van der Waals surface area contributed by atoms with Gasteiger partial charge in [-0.25, -0.2) is 9.59 Å². The first-order valence-corrected chi connectivity index (χ1v) is 4.22. The van der Waals surface area contributed by atoms with Crippen LogP contribution in [0.3, 0.4) is 0 Å². The molecule has 0 bridgehead atoms. The third kappa shape index (κ3) is 1.94. The maximum absolute atomic E-state index is 10.1. The van der Waals surface area contributed by atoms with Gasteiger partial charge in [-0.15, -0.1) is 0 Å². The van der Waals surface area contributed by atoms with Crippen molar-refractivity contribution in [2.45, 2.75) is 24.9 Å². The number of hydrogen-bond donors (Lipinski definition) is 0. The second-order valence-corrected chi connectivity index (χ2v) is 3.10. The molecule has 4 nitrogen and oxygen atoms in total. The van der Waals surface area contributed by atoms with Crippen molar-refractivity contribution < 1.29 is 9.59 Å². The Morgan fingerprint density at radius 3 is 1.64 bits per heavy atom. The highest BCUT2D eigenvalue weighted by atomic mass is 16.1. The fourth-order valence-electron chi connectivity index (χ4n) is 1.50. The lowest BCUT2D eigenvalue weighted by Gasteiger charge is -2.26. The van der Waals surface area contributed by atoms with Crippen molar-refractivity contribution >= 4 is 12.2 Å². The van der Waals surface area contributed by atoms with Crippen LogP contribution in [0.15, 0.2) is 34.3 Å². The summed E-state index contributed by atoms with van der Waals surface area (Å²) in [5.41, 5.74) is 1.31. The van der Waals surface area contributed by atoms with Crippen LogP contribution >= 0.6 is 0 Å². The van der Waals surface area contributed by atoms with Crippen LogP contribution in [0.2, 0.25) is 0 Å². The summed E-state index contributed by atoms with van der Waals surface area (Å²) in [6.07, 6.45) is 4.28. The topological polar surface area (TPSA) is 58.9 Å². The van der Waals surface area contributed by atoms with Gasteiger partial charge in [0.1, 0.15) is 0 Å². The Morgan fingerprint density at radius 2 is 1.36 bits per heavy atom. The molecule has 0 aromatic heterocycles. The van der Waals surface area contributed by atoms with Gasteiger partial charge < -0.3 is 0 Å². The highest BCUT2D eigenvalue weighted by Crippen LogP contribution is 2.30. The smallest absolute Gasteiger partial charge is 0.211 e. The van der Waals surface area contributed by atoms with Crippen molar-refractivity contribution in [3.8, 4) is 0 Å². The average Bonchev–Trinajstić information content (AvgIpc) is 2.18. The molecule has 0 aliphatic heterocycles. The lowest BCUT2D eigenvalue weighted by atomic mass is 9.84. The molecule has 14 heavy (non-hydrogen) atoms. The SMILES string of the molecule is C=C1C(=C)C(N=C=O)CCC1N=C=O. The normalized spacial score (nSPS) is 26.3. The van der Waals surface area contributed by atoms with Crippen molar-refractivity contribution in [1.82, 2.24) is 0 Å². The highest BCUT2D eigenvalue weighted by molar-refractivity contribution is 5.44. The number of rotatable bonds is 2. The summed E-state index contributed by atoms with van der Waals surface area (Å²) < 4.78 is 0. The fourth-order valence-corrected chi connectivity index (χ4v) is 1.50. The van der Waals surface area contributed by atoms with Gasteiger partial charge in [-0.2, -0.15) is 9.98 Å².